The summed E-state index contributed by atoms with van der Waals surface area (Å²) in [6.45, 7) is 0.444. The van der Waals surface area contributed by atoms with Gasteiger partial charge in [-0.3, -0.25) is 9.63 Å². The van der Waals surface area contributed by atoms with Crippen molar-refractivity contribution in [2.75, 3.05) is 7.11 Å². The highest BCUT2D eigenvalue weighted by Crippen LogP contribution is 2.26. The van der Waals surface area contributed by atoms with Crippen LogP contribution in [0.2, 0.25) is 5.02 Å². The Kier molecular flexibility index (Phi) is 5.06. The first-order chi connectivity index (χ1) is 13.7. The van der Waals surface area contributed by atoms with Gasteiger partial charge in [-0.05, 0) is 17.7 Å². The Balaban J connectivity index is 1.88. The maximum Gasteiger partial charge on any atom is 0.275 e. The Hall–Kier alpha value is -3.22. The van der Waals surface area contributed by atoms with Crippen molar-refractivity contribution in [3.63, 3.8) is 0 Å². The molecule has 4 rings (SSSR count). The second-order valence-corrected chi connectivity index (χ2v) is 6.59. The van der Waals surface area contributed by atoms with Crippen molar-refractivity contribution in [2.45, 2.75) is 6.54 Å². The Morgan fingerprint density at radius 3 is 2.64 bits per heavy atom. The highest BCUT2D eigenvalue weighted by atomic mass is 35.5. The van der Waals surface area contributed by atoms with E-state index in [4.69, 9.17) is 21.4 Å². The monoisotopic (exact) mass is 392 g/mol. The van der Waals surface area contributed by atoms with Crippen LogP contribution < -0.4 is 5.48 Å². The molecule has 0 bridgehead atoms. The SMILES string of the molecule is CONC(=O)c1cc(-c2ccccc2)nc2c1cnn2Cc1ccccc1Cl. The number of pyridine rings is 1. The molecule has 1 amide bonds. The van der Waals surface area contributed by atoms with Crippen LogP contribution in [0.4, 0.5) is 0 Å². The van der Waals surface area contributed by atoms with Crippen LogP contribution in [0.25, 0.3) is 22.3 Å². The number of carbonyl (C=O) groups is 1. The van der Waals surface area contributed by atoms with Crippen molar-refractivity contribution in [1.82, 2.24) is 20.2 Å². The van der Waals surface area contributed by atoms with E-state index in [9.17, 15) is 4.79 Å². The van der Waals surface area contributed by atoms with Crippen molar-refractivity contribution < 1.29 is 9.63 Å². The van der Waals surface area contributed by atoms with Crippen LogP contribution in [-0.4, -0.2) is 27.8 Å². The standard InChI is InChI=1S/C21H17ClN4O2/c1-28-25-21(27)16-11-19(14-7-3-2-4-8-14)24-20-17(16)12-23-26(20)13-15-9-5-6-10-18(15)22/h2-12H,13H2,1H3,(H,25,27). The van der Waals surface area contributed by atoms with E-state index in [1.807, 2.05) is 54.6 Å². The lowest BCUT2D eigenvalue weighted by molar-refractivity contribution is 0.0539. The topological polar surface area (TPSA) is 69.0 Å². The predicted octanol–water partition coefficient (Wildman–Crippen LogP) is 4.09. The second kappa shape index (κ2) is 7.80. The van der Waals surface area contributed by atoms with Crippen molar-refractivity contribution in [2.24, 2.45) is 0 Å². The van der Waals surface area contributed by atoms with Crippen LogP contribution in [-0.2, 0) is 11.4 Å². The van der Waals surface area contributed by atoms with Gasteiger partial charge < -0.3 is 0 Å². The third-order valence-electron chi connectivity index (χ3n) is 4.40. The molecule has 4 aromatic rings. The molecule has 2 aromatic heterocycles. The number of halogens is 1. The van der Waals surface area contributed by atoms with E-state index in [1.165, 1.54) is 7.11 Å². The highest BCUT2D eigenvalue weighted by molar-refractivity contribution is 6.31. The lowest BCUT2D eigenvalue weighted by Crippen LogP contribution is -2.22. The van der Waals surface area contributed by atoms with E-state index >= 15 is 0 Å². The van der Waals surface area contributed by atoms with E-state index in [0.717, 1.165) is 11.1 Å². The number of nitrogens with zero attached hydrogens (tertiary/aromatic N) is 3. The van der Waals surface area contributed by atoms with Gasteiger partial charge in [-0.15, -0.1) is 0 Å². The van der Waals surface area contributed by atoms with Crippen LogP contribution in [0, 0.1) is 0 Å². The molecule has 0 fully saturated rings. The zero-order valence-electron chi connectivity index (χ0n) is 15.1. The van der Waals surface area contributed by atoms with E-state index in [2.05, 4.69) is 10.6 Å². The summed E-state index contributed by atoms with van der Waals surface area (Å²) in [5.41, 5.74) is 5.92. The number of hydrogen-bond acceptors (Lipinski definition) is 4. The minimum atomic E-state index is -0.357. The molecule has 0 radical (unpaired) electrons. The van der Waals surface area contributed by atoms with Crippen molar-refractivity contribution in [1.29, 1.82) is 0 Å². The number of hydrogen-bond donors (Lipinski definition) is 1. The second-order valence-electron chi connectivity index (χ2n) is 6.19. The minimum absolute atomic E-state index is 0.357. The predicted molar refractivity (Wildman–Crippen MR) is 108 cm³/mol. The molecule has 7 heteroatoms. The molecule has 1 N–H and O–H groups in total. The van der Waals surface area contributed by atoms with Crippen molar-refractivity contribution in [3.05, 3.63) is 83.0 Å². The number of rotatable bonds is 5. The van der Waals surface area contributed by atoms with Crippen LogP contribution in [0.15, 0.2) is 66.9 Å². The molecule has 0 aliphatic heterocycles. The van der Waals surface area contributed by atoms with Crippen LogP contribution in [0.5, 0.6) is 0 Å². The summed E-state index contributed by atoms with van der Waals surface area (Å²) in [5, 5.41) is 5.74. The lowest BCUT2D eigenvalue weighted by atomic mass is 10.1. The molecule has 28 heavy (non-hydrogen) atoms. The fourth-order valence-electron chi connectivity index (χ4n) is 3.04. The highest BCUT2D eigenvalue weighted by Gasteiger charge is 2.18. The Labute approximate surface area is 166 Å². The number of amides is 1. The smallest absolute Gasteiger partial charge is 0.275 e. The fourth-order valence-corrected chi connectivity index (χ4v) is 3.24. The van der Waals surface area contributed by atoms with Gasteiger partial charge >= 0.3 is 0 Å². The van der Waals surface area contributed by atoms with Crippen molar-refractivity contribution in [3.8, 4) is 11.3 Å². The summed E-state index contributed by atoms with van der Waals surface area (Å²) in [6.07, 6.45) is 1.64. The molecule has 0 spiro atoms. The normalized spacial score (nSPS) is 10.9. The third kappa shape index (κ3) is 3.47. The molecule has 140 valence electrons. The average molecular weight is 393 g/mol. The Morgan fingerprint density at radius 2 is 1.89 bits per heavy atom. The van der Waals surface area contributed by atoms with Gasteiger partial charge in [-0.1, -0.05) is 60.1 Å². The van der Waals surface area contributed by atoms with E-state index in [-0.39, 0.29) is 5.91 Å². The molecule has 0 unspecified atom stereocenters. The van der Waals surface area contributed by atoms with Crippen LogP contribution in [0.3, 0.4) is 0 Å². The molecule has 0 aliphatic carbocycles. The van der Waals surface area contributed by atoms with Gasteiger partial charge in [-0.25, -0.2) is 15.1 Å². The van der Waals surface area contributed by atoms with Gasteiger partial charge in [0.1, 0.15) is 0 Å². The van der Waals surface area contributed by atoms with E-state index in [0.29, 0.717) is 33.9 Å². The largest absolute Gasteiger partial charge is 0.277 e. The Bertz CT molecular complexity index is 1140. The quantitative estimate of drug-likeness (QED) is 0.519. The number of hydroxylamine groups is 1. The lowest BCUT2D eigenvalue weighted by Gasteiger charge is -2.09. The molecule has 2 heterocycles. The minimum Gasteiger partial charge on any atom is -0.277 e. The van der Waals surface area contributed by atoms with Gasteiger partial charge in [0.05, 0.1) is 36.5 Å². The molecular weight excluding hydrogens is 376 g/mol. The summed E-state index contributed by atoms with van der Waals surface area (Å²) in [7, 11) is 1.40. The van der Waals surface area contributed by atoms with Gasteiger partial charge in [-0.2, -0.15) is 5.10 Å². The first-order valence-electron chi connectivity index (χ1n) is 8.66. The van der Waals surface area contributed by atoms with Crippen molar-refractivity contribution >= 4 is 28.5 Å². The fraction of sp³-hybridized carbons (Fsp3) is 0.0952. The molecule has 0 saturated carbocycles. The summed E-state index contributed by atoms with van der Waals surface area (Å²) < 4.78 is 1.74. The number of aromatic nitrogens is 3. The number of carbonyl (C=O) groups excluding carboxylic acids is 1. The van der Waals surface area contributed by atoms with Crippen LogP contribution >= 0.6 is 11.6 Å². The molecule has 6 nitrogen and oxygen atoms in total. The van der Waals surface area contributed by atoms with Gasteiger partial charge in [0.25, 0.3) is 5.91 Å². The maximum absolute atomic E-state index is 12.5. The third-order valence-corrected chi connectivity index (χ3v) is 4.76. The summed E-state index contributed by atoms with van der Waals surface area (Å²) in [6, 6.07) is 19.0. The summed E-state index contributed by atoms with van der Waals surface area (Å²) in [4.78, 5) is 22.1. The molecule has 0 saturated heterocycles. The first kappa shape index (κ1) is 18.2. The maximum atomic E-state index is 12.5. The summed E-state index contributed by atoms with van der Waals surface area (Å²) >= 11 is 6.30. The van der Waals surface area contributed by atoms with Gasteiger partial charge in [0.2, 0.25) is 0 Å². The van der Waals surface area contributed by atoms with Gasteiger partial charge in [0.15, 0.2) is 5.65 Å². The van der Waals surface area contributed by atoms with E-state index in [1.54, 1.807) is 16.9 Å². The van der Waals surface area contributed by atoms with Gasteiger partial charge in [0, 0.05) is 10.6 Å². The zero-order valence-corrected chi connectivity index (χ0v) is 15.8. The van der Waals surface area contributed by atoms with Crippen LogP contribution in [0.1, 0.15) is 15.9 Å². The average Bonchev–Trinajstić information content (AvgIpc) is 3.12. The molecule has 0 aliphatic rings. The molecule has 0 atom stereocenters. The van der Waals surface area contributed by atoms with E-state index < -0.39 is 0 Å². The number of nitrogens with one attached hydrogen (secondary N) is 1. The summed E-state index contributed by atoms with van der Waals surface area (Å²) in [5.74, 6) is -0.357. The number of benzene rings is 2. The number of fused-ring (bicyclic) bond motifs is 1. The zero-order chi connectivity index (χ0) is 19.5. The first-order valence-corrected chi connectivity index (χ1v) is 9.04. The molecule has 2 aromatic carbocycles. The molecular formula is C21H17ClN4O2. The Morgan fingerprint density at radius 1 is 1.14 bits per heavy atom.